The van der Waals surface area contributed by atoms with Gasteiger partial charge in [0.05, 0.1) is 5.92 Å². The van der Waals surface area contributed by atoms with Crippen LogP contribution < -0.4 is 0 Å². The van der Waals surface area contributed by atoms with Crippen LogP contribution >= 0.6 is 0 Å². The van der Waals surface area contributed by atoms with E-state index in [0.717, 1.165) is 37.6 Å². The van der Waals surface area contributed by atoms with Crippen LogP contribution in [0, 0.1) is 17.6 Å². The van der Waals surface area contributed by atoms with E-state index in [1.165, 1.54) is 6.07 Å². The van der Waals surface area contributed by atoms with Crippen LogP contribution in [0.3, 0.4) is 0 Å². The van der Waals surface area contributed by atoms with E-state index in [9.17, 15) is 13.6 Å². The van der Waals surface area contributed by atoms with Gasteiger partial charge in [0.2, 0.25) is 11.8 Å². The van der Waals surface area contributed by atoms with Crippen molar-refractivity contribution in [2.75, 3.05) is 26.7 Å². The summed E-state index contributed by atoms with van der Waals surface area (Å²) < 4.78 is 31.6. The van der Waals surface area contributed by atoms with Crippen LogP contribution in [0.25, 0.3) is 0 Å². The van der Waals surface area contributed by atoms with E-state index in [4.69, 9.17) is 4.52 Å². The van der Waals surface area contributed by atoms with Crippen LogP contribution in [0.2, 0.25) is 0 Å². The lowest BCUT2D eigenvalue weighted by Crippen LogP contribution is -2.44. The number of carbonyl (C=O) groups is 1. The first kappa shape index (κ1) is 18.0. The Balaban J connectivity index is 1.24. The number of aromatic nitrogens is 2. The van der Waals surface area contributed by atoms with Gasteiger partial charge in [0.25, 0.3) is 0 Å². The van der Waals surface area contributed by atoms with E-state index in [1.54, 1.807) is 11.0 Å². The predicted molar refractivity (Wildman–Crippen MR) is 92.7 cm³/mol. The van der Waals surface area contributed by atoms with Crippen molar-refractivity contribution in [1.29, 1.82) is 0 Å². The van der Waals surface area contributed by atoms with Gasteiger partial charge < -0.3 is 9.42 Å². The summed E-state index contributed by atoms with van der Waals surface area (Å²) in [7, 11) is 1.81. The van der Waals surface area contributed by atoms with Crippen LogP contribution in [-0.2, 0) is 17.8 Å². The van der Waals surface area contributed by atoms with E-state index < -0.39 is 11.6 Å². The van der Waals surface area contributed by atoms with E-state index in [1.807, 2.05) is 7.05 Å². The normalized spacial score (nSPS) is 17.7. The van der Waals surface area contributed by atoms with Gasteiger partial charge in [-0.1, -0.05) is 11.2 Å². The van der Waals surface area contributed by atoms with Gasteiger partial charge in [0.1, 0.15) is 0 Å². The lowest BCUT2D eigenvalue weighted by atomic mass is 9.99. The van der Waals surface area contributed by atoms with Gasteiger partial charge in [-0.25, -0.2) is 8.78 Å². The van der Waals surface area contributed by atoms with Crippen molar-refractivity contribution in [1.82, 2.24) is 19.9 Å². The fourth-order valence-corrected chi connectivity index (χ4v) is 3.31. The summed E-state index contributed by atoms with van der Waals surface area (Å²) >= 11 is 0. The molecule has 0 atom stereocenters. The van der Waals surface area contributed by atoms with Crippen molar-refractivity contribution < 1.29 is 18.1 Å². The molecule has 1 saturated heterocycles. The second kappa shape index (κ2) is 7.34. The van der Waals surface area contributed by atoms with Gasteiger partial charge >= 0.3 is 0 Å². The van der Waals surface area contributed by atoms with Crippen molar-refractivity contribution in [3.05, 3.63) is 47.1 Å². The maximum Gasteiger partial charge on any atom is 0.232 e. The van der Waals surface area contributed by atoms with Crippen molar-refractivity contribution >= 4 is 5.91 Å². The topological polar surface area (TPSA) is 62.5 Å². The Morgan fingerprint density at radius 3 is 2.78 bits per heavy atom. The Hall–Kier alpha value is -2.35. The molecule has 27 heavy (non-hydrogen) atoms. The summed E-state index contributed by atoms with van der Waals surface area (Å²) in [5.41, 5.74) is 0.738. The maximum absolute atomic E-state index is 13.3. The molecule has 4 rings (SSSR count). The average Bonchev–Trinajstić information content (AvgIpc) is 3.37. The van der Waals surface area contributed by atoms with Crippen LogP contribution in [0.4, 0.5) is 8.78 Å². The number of hydrogen-bond acceptors (Lipinski definition) is 5. The van der Waals surface area contributed by atoms with Gasteiger partial charge in [-0.15, -0.1) is 0 Å². The molecule has 1 aromatic heterocycles. The molecule has 1 aliphatic heterocycles. The fourth-order valence-electron chi connectivity index (χ4n) is 3.31. The monoisotopic (exact) mass is 376 g/mol. The number of carbonyl (C=O) groups excluding carboxylic acids is 1. The van der Waals surface area contributed by atoms with Crippen molar-refractivity contribution in [2.24, 2.45) is 5.92 Å². The summed E-state index contributed by atoms with van der Waals surface area (Å²) in [6.45, 7) is 2.62. The molecule has 6 nitrogen and oxygen atoms in total. The van der Waals surface area contributed by atoms with E-state index in [2.05, 4.69) is 15.0 Å². The molecule has 1 amide bonds. The molecule has 2 heterocycles. The van der Waals surface area contributed by atoms with Crippen LogP contribution in [0.1, 0.15) is 36.0 Å². The number of amides is 1. The van der Waals surface area contributed by atoms with E-state index >= 15 is 0 Å². The molecule has 1 aliphatic carbocycles. The molecule has 8 heteroatoms. The Labute approximate surface area is 156 Å². The number of likely N-dealkylation sites (N-methyl/N-ethyl adjacent to an activating group) is 1. The lowest BCUT2D eigenvalue weighted by Gasteiger charge is -2.37. The smallest absolute Gasteiger partial charge is 0.232 e. The zero-order chi connectivity index (χ0) is 19.0. The van der Waals surface area contributed by atoms with Crippen molar-refractivity contribution in [3.8, 4) is 0 Å². The molecule has 0 N–H and O–H groups in total. The second-order valence-electron chi connectivity index (χ2n) is 7.47. The summed E-state index contributed by atoms with van der Waals surface area (Å²) in [6, 6.07) is 3.97. The highest BCUT2D eigenvalue weighted by Gasteiger charge is 2.33. The molecular formula is C19H22F2N4O2. The van der Waals surface area contributed by atoms with Gasteiger partial charge in [0.15, 0.2) is 17.5 Å². The van der Waals surface area contributed by atoms with Crippen molar-refractivity contribution in [2.45, 2.75) is 31.7 Å². The molecule has 0 bridgehead atoms. The summed E-state index contributed by atoms with van der Waals surface area (Å²) in [5, 5.41) is 4.01. The van der Waals surface area contributed by atoms with Gasteiger partial charge in [-0.05, 0) is 30.5 Å². The molecule has 144 valence electrons. The highest BCUT2D eigenvalue weighted by Crippen LogP contribution is 2.31. The third-order valence-corrected chi connectivity index (χ3v) is 5.15. The standard InChI is InChI=1S/C19H22F2N4O2/c1-24(19(26)13-3-4-13)7-6-17-22-18(27-23-17)14-10-25(11-14)9-12-2-5-15(20)16(21)8-12/h2,5,8,13-14H,3-4,6-7,9-11H2,1H3. The predicted octanol–water partition coefficient (Wildman–Crippen LogP) is 2.36. The van der Waals surface area contributed by atoms with Crippen LogP contribution in [-0.4, -0.2) is 52.5 Å². The Kier molecular flexibility index (Phi) is 4.90. The summed E-state index contributed by atoms with van der Waals surface area (Å²) in [6.07, 6.45) is 2.57. The molecule has 2 fully saturated rings. The van der Waals surface area contributed by atoms with Crippen LogP contribution in [0.5, 0.6) is 0 Å². The molecule has 2 aromatic rings. The Morgan fingerprint density at radius 2 is 2.07 bits per heavy atom. The van der Waals surface area contributed by atoms with E-state index in [-0.39, 0.29) is 17.7 Å². The lowest BCUT2D eigenvalue weighted by molar-refractivity contribution is -0.131. The SMILES string of the molecule is CN(CCc1noc(C2CN(Cc3ccc(F)c(F)c3)C2)n1)C(=O)C1CC1. The number of likely N-dealkylation sites (tertiary alicyclic amines) is 1. The fraction of sp³-hybridized carbons (Fsp3) is 0.526. The highest BCUT2D eigenvalue weighted by molar-refractivity contribution is 5.80. The van der Waals surface area contributed by atoms with Gasteiger partial charge in [-0.2, -0.15) is 4.98 Å². The molecule has 1 saturated carbocycles. The molecule has 1 aromatic carbocycles. The zero-order valence-corrected chi connectivity index (χ0v) is 15.2. The minimum Gasteiger partial charge on any atom is -0.345 e. The quantitative estimate of drug-likeness (QED) is 0.742. The van der Waals surface area contributed by atoms with Gasteiger partial charge in [-0.3, -0.25) is 9.69 Å². The third-order valence-electron chi connectivity index (χ3n) is 5.15. The minimum absolute atomic E-state index is 0.155. The third kappa shape index (κ3) is 4.16. The zero-order valence-electron chi connectivity index (χ0n) is 15.2. The van der Waals surface area contributed by atoms with Crippen molar-refractivity contribution in [3.63, 3.8) is 0 Å². The number of hydrogen-bond donors (Lipinski definition) is 0. The Bertz CT molecular complexity index is 831. The molecule has 2 aliphatic rings. The second-order valence-corrected chi connectivity index (χ2v) is 7.47. The summed E-state index contributed by atoms with van der Waals surface area (Å²) in [5.74, 6) is 0.126. The first-order chi connectivity index (χ1) is 13.0. The molecule has 0 radical (unpaired) electrons. The van der Waals surface area contributed by atoms with Crippen LogP contribution in [0.15, 0.2) is 22.7 Å². The van der Waals surface area contributed by atoms with E-state index in [0.29, 0.717) is 31.2 Å². The number of nitrogens with zero attached hydrogens (tertiary/aromatic N) is 4. The maximum atomic E-state index is 13.3. The largest absolute Gasteiger partial charge is 0.345 e. The minimum atomic E-state index is -0.830. The Morgan fingerprint density at radius 1 is 1.30 bits per heavy atom. The molecule has 0 spiro atoms. The highest BCUT2D eigenvalue weighted by atomic mass is 19.2. The number of halogens is 2. The van der Waals surface area contributed by atoms with Gasteiger partial charge in [0, 0.05) is 45.6 Å². The average molecular weight is 376 g/mol. The molecular weight excluding hydrogens is 354 g/mol. The number of benzene rings is 1. The first-order valence-corrected chi connectivity index (χ1v) is 9.23. The molecule has 0 unspecified atom stereocenters. The number of rotatable bonds is 7. The summed E-state index contributed by atoms with van der Waals surface area (Å²) in [4.78, 5) is 20.2. The first-order valence-electron chi connectivity index (χ1n) is 9.23.